The number of amides is 2. The van der Waals surface area contributed by atoms with Gasteiger partial charge >= 0.3 is 6.03 Å². The normalized spacial score (nSPS) is 10.0. The molecule has 1 aromatic heterocycles. The van der Waals surface area contributed by atoms with Crippen molar-refractivity contribution in [1.29, 1.82) is 0 Å². The van der Waals surface area contributed by atoms with Crippen molar-refractivity contribution in [2.24, 2.45) is 0 Å². The lowest BCUT2D eigenvalue weighted by Gasteiger charge is -2.06. The summed E-state index contributed by atoms with van der Waals surface area (Å²) in [5, 5.41) is 5.61. The third-order valence-electron chi connectivity index (χ3n) is 2.58. The molecule has 0 saturated carbocycles. The third kappa shape index (κ3) is 3.97. The molecule has 0 unspecified atom stereocenters. The first-order valence-electron chi connectivity index (χ1n) is 5.91. The first-order valence-corrected chi connectivity index (χ1v) is 5.91. The van der Waals surface area contributed by atoms with E-state index in [4.69, 9.17) is 4.42 Å². The third-order valence-corrected chi connectivity index (χ3v) is 2.58. The van der Waals surface area contributed by atoms with Gasteiger partial charge in [0.15, 0.2) is 0 Å². The summed E-state index contributed by atoms with van der Waals surface area (Å²) in [6, 6.07) is 11.6. The van der Waals surface area contributed by atoms with E-state index in [1.165, 1.54) is 0 Å². The van der Waals surface area contributed by atoms with Crippen LogP contribution in [0, 0.1) is 0 Å². The minimum atomic E-state index is -0.151. The van der Waals surface area contributed by atoms with E-state index in [2.05, 4.69) is 10.6 Å². The fourth-order valence-corrected chi connectivity index (χ4v) is 1.60. The van der Waals surface area contributed by atoms with Crippen LogP contribution in [-0.2, 0) is 13.0 Å². The largest absolute Gasteiger partial charge is 0.472 e. The smallest absolute Gasteiger partial charge is 0.315 e. The molecule has 0 fully saturated rings. The summed E-state index contributed by atoms with van der Waals surface area (Å²) in [4.78, 5) is 11.5. The van der Waals surface area contributed by atoms with Gasteiger partial charge in [-0.2, -0.15) is 0 Å². The van der Waals surface area contributed by atoms with Crippen LogP contribution in [0.4, 0.5) is 4.79 Å². The number of benzene rings is 1. The Hall–Kier alpha value is -2.23. The Morgan fingerprint density at radius 2 is 1.89 bits per heavy atom. The highest BCUT2D eigenvalue weighted by atomic mass is 16.3. The van der Waals surface area contributed by atoms with Crippen LogP contribution >= 0.6 is 0 Å². The molecule has 2 amide bonds. The van der Waals surface area contributed by atoms with Crippen molar-refractivity contribution in [2.75, 3.05) is 6.54 Å². The molecule has 0 atom stereocenters. The van der Waals surface area contributed by atoms with Crippen molar-refractivity contribution in [3.63, 3.8) is 0 Å². The Morgan fingerprint density at radius 1 is 1.06 bits per heavy atom. The molecule has 0 saturated heterocycles. The van der Waals surface area contributed by atoms with Crippen LogP contribution in [0.25, 0.3) is 0 Å². The van der Waals surface area contributed by atoms with Crippen molar-refractivity contribution < 1.29 is 9.21 Å². The van der Waals surface area contributed by atoms with Crippen LogP contribution in [0.1, 0.15) is 11.1 Å². The Bertz CT molecular complexity index is 466. The molecule has 0 aliphatic carbocycles. The second-order valence-electron chi connectivity index (χ2n) is 3.98. The van der Waals surface area contributed by atoms with E-state index in [-0.39, 0.29) is 6.03 Å². The van der Waals surface area contributed by atoms with Crippen LogP contribution in [0.15, 0.2) is 53.3 Å². The van der Waals surface area contributed by atoms with E-state index in [1.807, 2.05) is 36.4 Å². The molecule has 2 aromatic rings. The van der Waals surface area contributed by atoms with E-state index < -0.39 is 0 Å². The highest BCUT2D eigenvalue weighted by Gasteiger charge is 2.00. The standard InChI is InChI=1S/C14H16N2O2/c17-14(15-8-6-13-7-9-18-11-13)16-10-12-4-2-1-3-5-12/h1-5,7,9,11H,6,8,10H2,(H2,15,16,17). The first-order chi connectivity index (χ1) is 8.84. The molecule has 2 N–H and O–H groups in total. The zero-order chi connectivity index (χ0) is 12.6. The van der Waals surface area contributed by atoms with E-state index in [1.54, 1.807) is 12.5 Å². The first kappa shape index (κ1) is 12.2. The second kappa shape index (κ2) is 6.49. The molecule has 4 nitrogen and oxygen atoms in total. The predicted octanol–water partition coefficient (Wildman–Crippen LogP) is 2.32. The average Bonchev–Trinajstić information content (AvgIpc) is 2.91. The lowest BCUT2D eigenvalue weighted by atomic mass is 10.2. The number of carbonyl (C=O) groups excluding carboxylic acids is 1. The molecule has 94 valence electrons. The van der Waals surface area contributed by atoms with Crippen molar-refractivity contribution in [1.82, 2.24) is 10.6 Å². The monoisotopic (exact) mass is 244 g/mol. The molecule has 18 heavy (non-hydrogen) atoms. The number of nitrogens with one attached hydrogen (secondary N) is 2. The zero-order valence-electron chi connectivity index (χ0n) is 10.1. The summed E-state index contributed by atoms with van der Waals surface area (Å²) >= 11 is 0. The topological polar surface area (TPSA) is 54.3 Å². The van der Waals surface area contributed by atoms with Gasteiger partial charge < -0.3 is 15.1 Å². The van der Waals surface area contributed by atoms with E-state index in [9.17, 15) is 4.79 Å². The Labute approximate surface area is 106 Å². The zero-order valence-corrected chi connectivity index (χ0v) is 10.1. The number of hydrogen-bond donors (Lipinski definition) is 2. The highest BCUT2D eigenvalue weighted by molar-refractivity contribution is 5.73. The van der Waals surface area contributed by atoms with Gasteiger partial charge in [-0.1, -0.05) is 30.3 Å². The van der Waals surface area contributed by atoms with Gasteiger partial charge in [-0.3, -0.25) is 0 Å². The fraction of sp³-hybridized carbons (Fsp3) is 0.214. The highest BCUT2D eigenvalue weighted by Crippen LogP contribution is 1.99. The maximum atomic E-state index is 11.5. The molecule has 0 aliphatic heterocycles. The summed E-state index contributed by atoms with van der Waals surface area (Å²) in [5.74, 6) is 0. The summed E-state index contributed by atoms with van der Waals surface area (Å²) < 4.78 is 4.95. The van der Waals surface area contributed by atoms with Crippen molar-refractivity contribution in [3.05, 3.63) is 60.1 Å². The van der Waals surface area contributed by atoms with Crippen LogP contribution in [0.3, 0.4) is 0 Å². The van der Waals surface area contributed by atoms with Gasteiger partial charge in [0.25, 0.3) is 0 Å². The Balaban J connectivity index is 1.63. The summed E-state index contributed by atoms with van der Waals surface area (Å²) in [7, 11) is 0. The molecule has 0 spiro atoms. The quantitative estimate of drug-likeness (QED) is 0.848. The van der Waals surface area contributed by atoms with Gasteiger partial charge in [-0.05, 0) is 23.6 Å². The minimum absolute atomic E-state index is 0.151. The van der Waals surface area contributed by atoms with Crippen LogP contribution in [0.2, 0.25) is 0 Å². The van der Waals surface area contributed by atoms with Gasteiger partial charge in [-0.25, -0.2) is 4.79 Å². The Morgan fingerprint density at radius 3 is 2.61 bits per heavy atom. The Kier molecular flexibility index (Phi) is 4.41. The summed E-state index contributed by atoms with van der Waals surface area (Å²) in [5.41, 5.74) is 2.17. The van der Waals surface area contributed by atoms with Crippen LogP contribution in [-0.4, -0.2) is 12.6 Å². The van der Waals surface area contributed by atoms with Gasteiger partial charge in [0, 0.05) is 13.1 Å². The number of furan rings is 1. The lowest BCUT2D eigenvalue weighted by Crippen LogP contribution is -2.36. The molecular formula is C14H16N2O2. The van der Waals surface area contributed by atoms with Gasteiger partial charge in [0.2, 0.25) is 0 Å². The molecular weight excluding hydrogens is 228 g/mol. The van der Waals surface area contributed by atoms with Crippen molar-refractivity contribution >= 4 is 6.03 Å². The maximum Gasteiger partial charge on any atom is 0.315 e. The second-order valence-corrected chi connectivity index (χ2v) is 3.98. The van der Waals surface area contributed by atoms with Crippen molar-refractivity contribution in [2.45, 2.75) is 13.0 Å². The molecule has 4 heteroatoms. The van der Waals surface area contributed by atoms with Crippen LogP contribution < -0.4 is 10.6 Å². The van der Waals surface area contributed by atoms with Gasteiger partial charge in [-0.15, -0.1) is 0 Å². The molecule has 1 heterocycles. The summed E-state index contributed by atoms with van der Waals surface area (Å²) in [6.45, 7) is 1.14. The average molecular weight is 244 g/mol. The van der Waals surface area contributed by atoms with Crippen LogP contribution in [0.5, 0.6) is 0 Å². The SMILES string of the molecule is O=C(NCCc1ccoc1)NCc1ccccc1. The predicted molar refractivity (Wildman–Crippen MR) is 69.1 cm³/mol. The lowest BCUT2D eigenvalue weighted by molar-refractivity contribution is 0.240. The van der Waals surface area contributed by atoms with Gasteiger partial charge in [0.1, 0.15) is 0 Å². The maximum absolute atomic E-state index is 11.5. The molecule has 0 aliphatic rings. The summed E-state index contributed by atoms with van der Waals surface area (Å²) in [6.07, 6.45) is 4.09. The number of rotatable bonds is 5. The number of hydrogen-bond acceptors (Lipinski definition) is 2. The van der Waals surface area contributed by atoms with Crippen molar-refractivity contribution in [3.8, 4) is 0 Å². The fourth-order valence-electron chi connectivity index (χ4n) is 1.60. The van der Waals surface area contributed by atoms with E-state index in [0.717, 1.165) is 17.5 Å². The van der Waals surface area contributed by atoms with Gasteiger partial charge in [0.05, 0.1) is 12.5 Å². The van der Waals surface area contributed by atoms with E-state index >= 15 is 0 Å². The minimum Gasteiger partial charge on any atom is -0.472 e. The molecule has 1 aromatic carbocycles. The molecule has 0 bridgehead atoms. The number of urea groups is 1. The number of carbonyl (C=O) groups is 1. The molecule has 0 radical (unpaired) electrons. The van der Waals surface area contributed by atoms with E-state index in [0.29, 0.717) is 13.1 Å². The molecule has 2 rings (SSSR count).